The van der Waals surface area contributed by atoms with Crippen LogP contribution in [0.4, 0.5) is 17.1 Å². The second-order valence-corrected chi connectivity index (χ2v) is 8.38. The molecule has 1 heterocycles. The van der Waals surface area contributed by atoms with Crippen LogP contribution in [0.2, 0.25) is 0 Å². The quantitative estimate of drug-likeness (QED) is 0.712. The SMILES string of the molecule is CC(=O)Nc1ccc(SCC(=O)Nc2ccc(N3CCN(C)CC3)c(C)c2)cc1. The predicted molar refractivity (Wildman–Crippen MR) is 121 cm³/mol. The first kappa shape index (κ1) is 21.2. The van der Waals surface area contributed by atoms with E-state index in [-0.39, 0.29) is 11.8 Å². The lowest BCUT2D eigenvalue weighted by molar-refractivity contribution is -0.114. The van der Waals surface area contributed by atoms with Gasteiger partial charge >= 0.3 is 0 Å². The predicted octanol–water partition coefficient (Wildman–Crippen LogP) is 3.44. The molecule has 3 rings (SSSR count). The summed E-state index contributed by atoms with van der Waals surface area (Å²) in [6.45, 7) is 7.77. The highest BCUT2D eigenvalue weighted by molar-refractivity contribution is 8.00. The first-order valence-electron chi connectivity index (χ1n) is 9.75. The Morgan fingerprint density at radius 3 is 2.24 bits per heavy atom. The molecule has 1 fully saturated rings. The average Bonchev–Trinajstić information content (AvgIpc) is 2.68. The number of benzene rings is 2. The van der Waals surface area contributed by atoms with E-state index in [9.17, 15) is 9.59 Å². The molecular formula is C22H28N4O2S. The summed E-state index contributed by atoms with van der Waals surface area (Å²) in [5.74, 6) is 0.199. The minimum atomic E-state index is -0.0984. The van der Waals surface area contributed by atoms with Gasteiger partial charge in [0.2, 0.25) is 11.8 Å². The van der Waals surface area contributed by atoms with E-state index < -0.39 is 0 Å². The molecule has 2 aromatic carbocycles. The summed E-state index contributed by atoms with van der Waals surface area (Å²) in [6.07, 6.45) is 0. The van der Waals surface area contributed by atoms with Gasteiger partial charge in [0.15, 0.2) is 0 Å². The van der Waals surface area contributed by atoms with Crippen molar-refractivity contribution in [1.82, 2.24) is 4.90 Å². The minimum Gasteiger partial charge on any atom is -0.369 e. The molecule has 0 radical (unpaired) electrons. The number of rotatable bonds is 6. The third-order valence-electron chi connectivity index (χ3n) is 4.87. The molecule has 0 saturated carbocycles. The van der Waals surface area contributed by atoms with Crippen molar-refractivity contribution in [2.45, 2.75) is 18.7 Å². The molecule has 0 atom stereocenters. The van der Waals surface area contributed by atoms with Gasteiger partial charge < -0.3 is 20.4 Å². The van der Waals surface area contributed by atoms with Gasteiger partial charge in [-0.1, -0.05) is 0 Å². The number of carbonyl (C=O) groups excluding carboxylic acids is 2. The van der Waals surface area contributed by atoms with E-state index in [1.807, 2.05) is 36.4 Å². The number of carbonyl (C=O) groups is 2. The van der Waals surface area contributed by atoms with Crippen LogP contribution in [0.25, 0.3) is 0 Å². The number of anilines is 3. The lowest BCUT2D eigenvalue weighted by Gasteiger charge is -2.35. The zero-order valence-electron chi connectivity index (χ0n) is 17.2. The second-order valence-electron chi connectivity index (χ2n) is 7.33. The number of likely N-dealkylation sites (N-methyl/N-ethyl adjacent to an activating group) is 1. The maximum atomic E-state index is 12.3. The summed E-state index contributed by atoms with van der Waals surface area (Å²) in [7, 11) is 2.15. The van der Waals surface area contributed by atoms with Crippen molar-refractivity contribution in [3.63, 3.8) is 0 Å². The topological polar surface area (TPSA) is 64.7 Å². The smallest absolute Gasteiger partial charge is 0.234 e. The van der Waals surface area contributed by atoms with Gasteiger partial charge in [-0.3, -0.25) is 9.59 Å². The monoisotopic (exact) mass is 412 g/mol. The Morgan fingerprint density at radius 2 is 1.62 bits per heavy atom. The number of hydrogen-bond acceptors (Lipinski definition) is 5. The van der Waals surface area contributed by atoms with Gasteiger partial charge in [0.05, 0.1) is 5.75 Å². The van der Waals surface area contributed by atoms with E-state index in [0.717, 1.165) is 42.4 Å². The highest BCUT2D eigenvalue weighted by Gasteiger charge is 2.16. The number of nitrogens with one attached hydrogen (secondary N) is 2. The Morgan fingerprint density at radius 1 is 0.966 bits per heavy atom. The molecular weight excluding hydrogens is 384 g/mol. The molecule has 0 spiro atoms. The van der Waals surface area contributed by atoms with Crippen LogP contribution in [0.3, 0.4) is 0 Å². The largest absolute Gasteiger partial charge is 0.369 e. The van der Waals surface area contributed by atoms with Crippen molar-refractivity contribution in [2.24, 2.45) is 0 Å². The number of nitrogens with zero attached hydrogens (tertiary/aromatic N) is 2. The van der Waals surface area contributed by atoms with Crippen LogP contribution in [0.1, 0.15) is 12.5 Å². The normalized spacial score (nSPS) is 14.5. The summed E-state index contributed by atoms with van der Waals surface area (Å²) in [5.41, 5.74) is 3.99. The summed E-state index contributed by atoms with van der Waals surface area (Å²) in [6, 6.07) is 13.6. The molecule has 2 N–H and O–H groups in total. The number of piperazine rings is 1. The molecule has 7 heteroatoms. The molecule has 0 aromatic heterocycles. The fourth-order valence-corrected chi connectivity index (χ4v) is 4.02. The van der Waals surface area contributed by atoms with E-state index in [4.69, 9.17) is 0 Å². The van der Waals surface area contributed by atoms with Gasteiger partial charge in [-0.05, 0) is 62.0 Å². The zero-order valence-corrected chi connectivity index (χ0v) is 18.0. The van der Waals surface area contributed by atoms with Crippen molar-refractivity contribution in [3.05, 3.63) is 48.0 Å². The molecule has 2 amide bonds. The highest BCUT2D eigenvalue weighted by atomic mass is 32.2. The summed E-state index contributed by atoms with van der Waals surface area (Å²) < 4.78 is 0. The Labute approximate surface area is 176 Å². The molecule has 0 aliphatic carbocycles. The van der Waals surface area contributed by atoms with Gasteiger partial charge in [-0.15, -0.1) is 11.8 Å². The van der Waals surface area contributed by atoms with Crippen LogP contribution in [0.5, 0.6) is 0 Å². The Hall–Kier alpha value is -2.51. The summed E-state index contributed by atoms with van der Waals surface area (Å²) in [4.78, 5) is 29.1. The van der Waals surface area contributed by atoms with E-state index in [0.29, 0.717) is 5.75 Å². The van der Waals surface area contributed by atoms with E-state index in [1.54, 1.807) is 0 Å². The third-order valence-corrected chi connectivity index (χ3v) is 5.88. The average molecular weight is 413 g/mol. The maximum absolute atomic E-state index is 12.3. The fourth-order valence-electron chi connectivity index (χ4n) is 3.32. The standard InChI is InChI=1S/C22H28N4O2S/c1-16-14-19(6-9-21(16)26-12-10-25(3)11-13-26)24-22(28)15-29-20-7-4-18(5-8-20)23-17(2)27/h4-9,14H,10-13,15H2,1-3H3,(H,23,27)(H,24,28). The molecule has 0 unspecified atom stereocenters. The van der Waals surface area contributed by atoms with Crippen molar-refractivity contribution < 1.29 is 9.59 Å². The van der Waals surface area contributed by atoms with Crippen LogP contribution in [-0.2, 0) is 9.59 Å². The van der Waals surface area contributed by atoms with Crippen molar-refractivity contribution in [2.75, 3.05) is 54.5 Å². The van der Waals surface area contributed by atoms with Gasteiger partial charge in [0.1, 0.15) is 0 Å². The lowest BCUT2D eigenvalue weighted by Crippen LogP contribution is -2.44. The van der Waals surface area contributed by atoms with Crippen molar-refractivity contribution >= 4 is 40.6 Å². The highest BCUT2D eigenvalue weighted by Crippen LogP contribution is 2.25. The van der Waals surface area contributed by atoms with Crippen molar-refractivity contribution in [1.29, 1.82) is 0 Å². The number of amides is 2. The first-order chi connectivity index (χ1) is 13.9. The summed E-state index contributed by atoms with van der Waals surface area (Å²) >= 11 is 1.47. The molecule has 1 aliphatic rings. The molecule has 6 nitrogen and oxygen atoms in total. The minimum absolute atomic E-state index is 0.0346. The van der Waals surface area contributed by atoms with E-state index in [2.05, 4.69) is 40.5 Å². The number of thioether (sulfide) groups is 1. The first-order valence-corrected chi connectivity index (χ1v) is 10.7. The van der Waals surface area contributed by atoms with Crippen LogP contribution >= 0.6 is 11.8 Å². The Balaban J connectivity index is 1.51. The van der Waals surface area contributed by atoms with Crippen LogP contribution < -0.4 is 15.5 Å². The molecule has 1 aliphatic heterocycles. The Bertz CT molecular complexity index is 862. The Kier molecular flexibility index (Phi) is 7.17. The summed E-state index contributed by atoms with van der Waals surface area (Å²) in [5, 5.41) is 5.72. The van der Waals surface area contributed by atoms with Crippen LogP contribution in [0, 0.1) is 6.92 Å². The lowest BCUT2D eigenvalue weighted by atomic mass is 10.1. The molecule has 154 valence electrons. The fraction of sp³-hybridized carbons (Fsp3) is 0.364. The maximum Gasteiger partial charge on any atom is 0.234 e. The third kappa shape index (κ3) is 6.24. The van der Waals surface area contributed by atoms with E-state index >= 15 is 0 Å². The van der Waals surface area contributed by atoms with Crippen LogP contribution in [0.15, 0.2) is 47.4 Å². The molecule has 1 saturated heterocycles. The van der Waals surface area contributed by atoms with Crippen LogP contribution in [-0.4, -0.2) is 55.7 Å². The molecule has 0 bridgehead atoms. The zero-order chi connectivity index (χ0) is 20.8. The van der Waals surface area contributed by atoms with Gasteiger partial charge in [-0.2, -0.15) is 0 Å². The number of hydrogen-bond donors (Lipinski definition) is 2. The van der Waals surface area contributed by atoms with E-state index in [1.165, 1.54) is 29.9 Å². The second kappa shape index (κ2) is 9.80. The molecule has 29 heavy (non-hydrogen) atoms. The van der Waals surface area contributed by atoms with Gasteiger partial charge in [0.25, 0.3) is 0 Å². The van der Waals surface area contributed by atoms with Gasteiger partial charge in [-0.25, -0.2) is 0 Å². The number of aryl methyl sites for hydroxylation is 1. The van der Waals surface area contributed by atoms with Crippen molar-refractivity contribution in [3.8, 4) is 0 Å². The molecule has 2 aromatic rings. The van der Waals surface area contributed by atoms with Gasteiger partial charge in [0, 0.05) is 55.1 Å².